The Morgan fingerprint density at radius 2 is 1.49 bits per heavy atom. The second kappa shape index (κ2) is 17.9. The van der Waals surface area contributed by atoms with Gasteiger partial charge in [-0.25, -0.2) is 27.3 Å². The zero-order valence-electron chi connectivity index (χ0n) is 39.5. The zero-order chi connectivity index (χ0) is 52.0. The van der Waals surface area contributed by atoms with Crippen molar-refractivity contribution < 1.29 is 77.5 Å². The number of ether oxygens (including phenoxy) is 5. The van der Waals surface area contributed by atoms with E-state index in [0.717, 1.165) is 11.8 Å². The number of hydrogen-bond acceptors (Lipinski definition) is 12. The van der Waals surface area contributed by atoms with Gasteiger partial charge >= 0.3 is 24.5 Å². The maximum Gasteiger partial charge on any atom is 0.427 e. The zero-order valence-corrected chi connectivity index (χ0v) is 39.5. The minimum absolute atomic E-state index is 0.0216. The molecule has 2 bridgehead atoms. The van der Waals surface area contributed by atoms with Gasteiger partial charge in [0.25, 0.3) is 5.92 Å². The molecular weight excluding hydrogens is 975 g/mol. The third kappa shape index (κ3) is 9.05. The number of hydrogen-bond donors (Lipinski definition) is 1. The van der Waals surface area contributed by atoms with Gasteiger partial charge in [-0.2, -0.15) is 36.3 Å². The lowest BCUT2D eigenvalue weighted by Crippen LogP contribution is -2.68. The van der Waals surface area contributed by atoms with Crippen LogP contribution >= 0.6 is 0 Å². The summed E-state index contributed by atoms with van der Waals surface area (Å²) in [5, 5.41) is 9.28. The fourth-order valence-corrected chi connectivity index (χ4v) is 9.91. The minimum Gasteiger partial charge on any atom is -0.497 e. The maximum absolute atomic E-state index is 17.8. The van der Waals surface area contributed by atoms with Crippen LogP contribution in [0.2, 0.25) is 0 Å². The van der Waals surface area contributed by atoms with Crippen molar-refractivity contribution in [3.8, 4) is 34.6 Å². The van der Waals surface area contributed by atoms with Crippen molar-refractivity contribution in [2.45, 2.75) is 108 Å². The Labute approximate surface area is 405 Å². The maximum atomic E-state index is 17.8. The number of amides is 1. The topological polar surface area (TPSA) is 132 Å². The lowest BCUT2D eigenvalue weighted by atomic mass is 9.95. The molecule has 1 saturated carbocycles. The Morgan fingerprint density at radius 3 is 2.00 bits per heavy atom. The number of carbonyl (C=O) groups is 1. The van der Waals surface area contributed by atoms with Gasteiger partial charge in [0.2, 0.25) is 12.0 Å². The molecule has 23 heteroatoms. The molecule has 2 aromatic heterocycles. The van der Waals surface area contributed by atoms with Crippen LogP contribution in [0, 0.1) is 24.0 Å². The number of fused-ring (bicyclic) bond motifs is 5. The molecule has 1 unspecified atom stereocenters. The summed E-state index contributed by atoms with van der Waals surface area (Å²) in [7, 11) is 2.88. The molecule has 3 aliphatic heterocycles. The number of alkyl halides is 8. The molecule has 386 valence electrons. The molecule has 9 rings (SSSR count). The quantitative estimate of drug-likeness (QED) is 0.119. The van der Waals surface area contributed by atoms with E-state index in [2.05, 4.69) is 15.0 Å². The van der Waals surface area contributed by atoms with Gasteiger partial charge in [0.15, 0.2) is 5.82 Å². The number of halogens is 10. The number of aromatic nitrogens is 3. The number of aliphatic hydroxyl groups excluding tert-OH is 1. The van der Waals surface area contributed by atoms with Crippen LogP contribution in [0.3, 0.4) is 0 Å². The molecule has 5 aromatic rings. The lowest BCUT2D eigenvalue weighted by molar-refractivity contribution is -0.206. The van der Waals surface area contributed by atoms with Crippen LogP contribution in [0.15, 0.2) is 54.6 Å². The van der Waals surface area contributed by atoms with Crippen LogP contribution in [0.1, 0.15) is 62.3 Å². The standard InChI is InChI=1S/C49H48F10N6O7/c1-24-34(48(54,55)56)30(17-32(35(24)50)63(18-25-7-12-28(68-5)13-8-25)19-26-9-14-29(69-6)15-10-26)37-36(51)38-33-41(62-43(61-38)70-23-46(22-66)21-47(46,52)53)64-20-27-11-16-31(65(27)44(67)72-45(2,3)4)39(64)40(49(57,58)59)71-42(33)60-37/h7-10,12-15,17,27,31,39-40,66H,11,16,18-23H2,1-6H3/t27-,31+,39+,40-,46?/m1/s1. The molecule has 1 aliphatic carbocycles. The monoisotopic (exact) mass is 1020 g/mol. The number of benzene rings is 3. The van der Waals surface area contributed by atoms with E-state index >= 15 is 35.1 Å². The van der Waals surface area contributed by atoms with E-state index in [1.165, 1.54) is 24.0 Å². The van der Waals surface area contributed by atoms with Crippen LogP contribution in [0.25, 0.3) is 22.2 Å². The van der Waals surface area contributed by atoms with Crippen LogP contribution < -0.4 is 28.7 Å². The molecule has 1 amide bonds. The van der Waals surface area contributed by atoms with Crippen molar-refractivity contribution in [1.29, 1.82) is 0 Å². The predicted molar refractivity (Wildman–Crippen MR) is 239 cm³/mol. The van der Waals surface area contributed by atoms with E-state index < -0.39 is 154 Å². The highest BCUT2D eigenvalue weighted by Crippen LogP contribution is 2.60. The van der Waals surface area contributed by atoms with Crippen molar-refractivity contribution in [2.75, 3.05) is 43.8 Å². The normalized spacial score (nSPS) is 22.2. The molecular formula is C49H48F10N6O7. The number of methoxy groups -OCH3 is 2. The first-order chi connectivity index (χ1) is 33.8. The van der Waals surface area contributed by atoms with E-state index in [9.17, 15) is 18.7 Å². The number of anilines is 2. The van der Waals surface area contributed by atoms with Crippen molar-refractivity contribution in [3.63, 3.8) is 0 Å². The number of nitrogens with zero attached hydrogens (tertiary/aromatic N) is 6. The summed E-state index contributed by atoms with van der Waals surface area (Å²) in [6, 6.07) is 8.76. The molecule has 3 fully saturated rings. The first-order valence-electron chi connectivity index (χ1n) is 22.7. The number of piperazine rings is 1. The number of pyridine rings is 1. The fraction of sp³-hybridized carbons (Fsp3) is 0.469. The largest absolute Gasteiger partial charge is 0.497 e. The van der Waals surface area contributed by atoms with Crippen LogP contribution in [-0.2, 0) is 24.0 Å². The summed E-state index contributed by atoms with van der Waals surface area (Å²) < 4.78 is 185. The van der Waals surface area contributed by atoms with Crippen LogP contribution in [-0.4, -0.2) is 107 Å². The average molecular weight is 1020 g/mol. The Balaban J connectivity index is 1.27. The molecule has 4 aliphatic rings. The van der Waals surface area contributed by atoms with E-state index in [1.54, 1.807) is 69.3 Å². The molecule has 72 heavy (non-hydrogen) atoms. The second-order valence-electron chi connectivity index (χ2n) is 19.5. The Kier molecular flexibility index (Phi) is 12.5. The summed E-state index contributed by atoms with van der Waals surface area (Å²) >= 11 is 0. The van der Waals surface area contributed by atoms with Crippen LogP contribution in [0.5, 0.6) is 23.4 Å². The average Bonchev–Trinajstić information content (AvgIpc) is 3.78. The van der Waals surface area contributed by atoms with E-state index in [4.69, 9.17) is 23.7 Å². The van der Waals surface area contributed by atoms with Gasteiger partial charge < -0.3 is 38.6 Å². The molecule has 3 aromatic carbocycles. The fourth-order valence-electron chi connectivity index (χ4n) is 9.91. The van der Waals surface area contributed by atoms with Gasteiger partial charge in [0.1, 0.15) is 51.9 Å². The van der Waals surface area contributed by atoms with Crippen molar-refractivity contribution in [3.05, 3.63) is 88.5 Å². The lowest BCUT2D eigenvalue weighted by Gasteiger charge is -2.48. The summed E-state index contributed by atoms with van der Waals surface area (Å²) in [5.74, 6) is -7.11. The highest BCUT2D eigenvalue weighted by Gasteiger charge is 2.71. The van der Waals surface area contributed by atoms with Gasteiger partial charge in [0, 0.05) is 31.6 Å². The van der Waals surface area contributed by atoms with Gasteiger partial charge in [-0.1, -0.05) is 24.3 Å². The summed E-state index contributed by atoms with van der Waals surface area (Å²) in [4.78, 5) is 29.9. The smallest absolute Gasteiger partial charge is 0.427 e. The third-order valence-electron chi connectivity index (χ3n) is 13.6. The van der Waals surface area contributed by atoms with E-state index in [-0.39, 0.29) is 25.9 Å². The highest BCUT2D eigenvalue weighted by atomic mass is 19.4. The van der Waals surface area contributed by atoms with E-state index in [0.29, 0.717) is 28.7 Å². The summed E-state index contributed by atoms with van der Waals surface area (Å²) in [5.41, 5.74) is -8.76. The molecule has 0 radical (unpaired) electrons. The van der Waals surface area contributed by atoms with E-state index in [1.807, 2.05) is 0 Å². The molecule has 0 spiro atoms. The van der Waals surface area contributed by atoms with Crippen molar-refractivity contribution in [2.24, 2.45) is 5.41 Å². The molecule has 5 atom stereocenters. The minimum atomic E-state index is -5.45. The molecule has 1 N–H and O–H groups in total. The molecule has 2 saturated heterocycles. The Morgan fingerprint density at radius 1 is 0.889 bits per heavy atom. The Bertz CT molecular complexity index is 2850. The predicted octanol–water partition coefficient (Wildman–Crippen LogP) is 10.2. The number of rotatable bonds is 12. The SMILES string of the molecule is COc1ccc(CN(Cc2ccc(OC)cc2)c2cc(-c3nc4c5c(nc(OCC6(CO)CC6(F)F)nc5c3F)N3C[C@H]5CC[C@@H]([C@H]3[C@H](C(F)(F)F)O4)N5C(=O)OC(C)(C)C)c(C(F)(F)F)c(C)c2F)cc1. The highest BCUT2D eigenvalue weighted by molar-refractivity contribution is 5.98. The van der Waals surface area contributed by atoms with Crippen molar-refractivity contribution in [1.82, 2.24) is 19.9 Å². The second-order valence-corrected chi connectivity index (χ2v) is 19.5. The first-order valence-corrected chi connectivity index (χ1v) is 22.7. The van der Waals surface area contributed by atoms with Gasteiger partial charge in [0.05, 0.1) is 55.6 Å². The number of aliphatic hydroxyl groups is 1. The first kappa shape index (κ1) is 50.4. The summed E-state index contributed by atoms with van der Waals surface area (Å²) in [6.45, 7) is 2.76. The van der Waals surface area contributed by atoms with Gasteiger partial charge in [-0.3, -0.25) is 4.90 Å². The third-order valence-corrected chi connectivity index (χ3v) is 13.6. The number of carbonyl (C=O) groups excluding carboxylic acids is 1. The Hall–Kier alpha value is -6.52. The van der Waals surface area contributed by atoms with Crippen LogP contribution in [0.4, 0.5) is 60.2 Å². The summed E-state index contributed by atoms with van der Waals surface area (Å²) in [6.07, 6.45) is -15.3. The molecule has 5 heterocycles. The van der Waals surface area contributed by atoms with Crippen molar-refractivity contribution >= 4 is 28.5 Å². The van der Waals surface area contributed by atoms with Gasteiger partial charge in [-0.05, 0) is 87.6 Å². The van der Waals surface area contributed by atoms with Gasteiger partial charge in [-0.15, -0.1) is 0 Å². The molecule has 13 nitrogen and oxygen atoms in total.